The molecule has 0 bridgehead atoms. The fraction of sp³-hybridized carbons (Fsp3) is 0.632. The van der Waals surface area contributed by atoms with Gasteiger partial charge in [-0.3, -0.25) is 4.90 Å². The monoisotopic (exact) mass is 374 g/mol. The number of nitrogens with zero attached hydrogens (tertiary/aromatic N) is 6. The molecule has 1 saturated heterocycles. The van der Waals surface area contributed by atoms with Crippen LogP contribution in [0.1, 0.15) is 31.3 Å². The van der Waals surface area contributed by atoms with E-state index in [2.05, 4.69) is 44.4 Å². The number of methoxy groups -OCH3 is 1. The van der Waals surface area contributed by atoms with Crippen LogP contribution in [0.3, 0.4) is 0 Å². The lowest BCUT2D eigenvalue weighted by molar-refractivity contribution is 0.107. The first-order chi connectivity index (χ1) is 13.3. The fourth-order valence-electron chi connectivity index (χ4n) is 3.52. The number of piperazine rings is 1. The predicted octanol–water partition coefficient (Wildman–Crippen LogP) is 1.45. The van der Waals surface area contributed by atoms with Crippen LogP contribution in [-0.4, -0.2) is 83.1 Å². The summed E-state index contributed by atoms with van der Waals surface area (Å²) in [4.78, 5) is 4.94. The lowest BCUT2D eigenvalue weighted by Gasteiger charge is -2.38. The lowest BCUT2D eigenvalue weighted by atomic mass is 10.0. The summed E-state index contributed by atoms with van der Waals surface area (Å²) in [6.45, 7) is 11.3. The van der Waals surface area contributed by atoms with Crippen molar-refractivity contribution in [1.82, 2.24) is 30.0 Å². The summed E-state index contributed by atoms with van der Waals surface area (Å²) in [6.07, 6.45) is 0. The first-order valence-electron chi connectivity index (χ1n) is 9.71. The van der Waals surface area contributed by atoms with Gasteiger partial charge < -0.3 is 14.4 Å². The van der Waals surface area contributed by atoms with Crippen LogP contribution >= 0.6 is 0 Å². The molecule has 0 saturated carbocycles. The quantitative estimate of drug-likeness (QED) is 0.658. The zero-order valence-electron chi connectivity index (χ0n) is 16.5. The summed E-state index contributed by atoms with van der Waals surface area (Å²) >= 11 is 0. The van der Waals surface area contributed by atoms with Gasteiger partial charge in [-0.15, -0.1) is 5.10 Å². The third-order valence-electron chi connectivity index (χ3n) is 5.04. The van der Waals surface area contributed by atoms with Crippen LogP contribution in [0.25, 0.3) is 0 Å². The van der Waals surface area contributed by atoms with Crippen LogP contribution in [0.2, 0.25) is 0 Å². The van der Waals surface area contributed by atoms with Crippen molar-refractivity contribution in [1.29, 1.82) is 0 Å². The SMILES string of the molecule is CCOc1ccc([C@@H](c2nnnn2CCOC)N2CCN(CC)CC2)cc1. The van der Waals surface area contributed by atoms with Crippen molar-refractivity contribution in [3.63, 3.8) is 0 Å². The van der Waals surface area contributed by atoms with Crippen molar-refractivity contribution in [2.75, 3.05) is 53.0 Å². The maximum absolute atomic E-state index is 5.60. The summed E-state index contributed by atoms with van der Waals surface area (Å²) in [6, 6.07) is 8.31. The number of benzene rings is 1. The predicted molar refractivity (Wildman–Crippen MR) is 103 cm³/mol. The molecule has 2 aromatic rings. The molecule has 8 heteroatoms. The van der Waals surface area contributed by atoms with Crippen LogP contribution in [0.15, 0.2) is 24.3 Å². The molecule has 0 amide bonds. The van der Waals surface area contributed by atoms with Gasteiger partial charge in [-0.05, 0) is 41.6 Å². The maximum atomic E-state index is 5.60. The van der Waals surface area contributed by atoms with Crippen molar-refractivity contribution >= 4 is 0 Å². The van der Waals surface area contributed by atoms with Gasteiger partial charge in [0.25, 0.3) is 0 Å². The van der Waals surface area contributed by atoms with E-state index < -0.39 is 0 Å². The molecule has 1 atom stereocenters. The first-order valence-corrected chi connectivity index (χ1v) is 9.71. The molecule has 1 aromatic carbocycles. The van der Waals surface area contributed by atoms with Crippen molar-refractivity contribution in [2.45, 2.75) is 26.4 Å². The molecular weight excluding hydrogens is 344 g/mol. The Labute approximate surface area is 161 Å². The molecular formula is C19H30N6O2. The van der Waals surface area contributed by atoms with Crippen LogP contribution < -0.4 is 4.74 Å². The standard InChI is InChI=1S/C19H30N6O2/c1-4-23-10-12-24(13-11-23)18(16-6-8-17(9-7-16)27-5-2)19-20-21-22-25(19)14-15-26-3/h6-9,18H,4-5,10-15H2,1-3H3/t18-/m0/s1. The number of ether oxygens (including phenoxy) is 2. The van der Waals surface area contributed by atoms with Crippen molar-refractivity contribution in [2.24, 2.45) is 0 Å². The third kappa shape index (κ3) is 4.82. The Balaban J connectivity index is 1.88. The number of tetrazole rings is 1. The lowest BCUT2D eigenvalue weighted by Crippen LogP contribution is -2.48. The van der Waals surface area contributed by atoms with E-state index in [1.165, 1.54) is 5.56 Å². The highest BCUT2D eigenvalue weighted by Gasteiger charge is 2.30. The molecule has 1 fully saturated rings. The van der Waals surface area contributed by atoms with Crippen molar-refractivity contribution in [3.8, 4) is 5.75 Å². The molecule has 148 valence electrons. The molecule has 0 aliphatic carbocycles. The second-order valence-corrected chi connectivity index (χ2v) is 6.63. The Morgan fingerprint density at radius 1 is 1.07 bits per heavy atom. The van der Waals surface area contributed by atoms with Gasteiger partial charge in [0.05, 0.1) is 25.8 Å². The van der Waals surface area contributed by atoms with Crippen LogP contribution in [0, 0.1) is 0 Å². The molecule has 0 radical (unpaired) electrons. The molecule has 0 unspecified atom stereocenters. The minimum atomic E-state index is 0.0199. The number of rotatable bonds is 9. The van der Waals surface area contributed by atoms with Crippen LogP contribution in [-0.2, 0) is 11.3 Å². The Bertz CT molecular complexity index is 682. The van der Waals surface area contributed by atoms with Crippen LogP contribution in [0.5, 0.6) is 5.75 Å². The average Bonchev–Trinajstić information content (AvgIpc) is 3.17. The van der Waals surface area contributed by atoms with Gasteiger partial charge in [-0.2, -0.15) is 0 Å². The summed E-state index contributed by atoms with van der Waals surface area (Å²) in [7, 11) is 1.69. The Kier molecular flexibility index (Phi) is 7.14. The van der Waals surface area contributed by atoms with Gasteiger partial charge in [0.2, 0.25) is 0 Å². The molecule has 27 heavy (non-hydrogen) atoms. The summed E-state index contributed by atoms with van der Waals surface area (Å²) in [5.41, 5.74) is 1.18. The second kappa shape index (κ2) is 9.77. The van der Waals surface area contributed by atoms with E-state index in [9.17, 15) is 0 Å². The van der Waals surface area contributed by atoms with Gasteiger partial charge in [0.15, 0.2) is 5.82 Å². The average molecular weight is 374 g/mol. The summed E-state index contributed by atoms with van der Waals surface area (Å²) in [5, 5.41) is 12.5. The van der Waals surface area contributed by atoms with E-state index in [0.29, 0.717) is 19.8 Å². The van der Waals surface area contributed by atoms with E-state index in [-0.39, 0.29) is 6.04 Å². The van der Waals surface area contributed by atoms with Gasteiger partial charge in [-0.25, -0.2) is 4.68 Å². The number of aromatic nitrogens is 4. The first kappa shape index (κ1) is 19.7. The number of likely N-dealkylation sites (N-methyl/N-ethyl adjacent to an activating group) is 1. The van der Waals surface area contributed by atoms with E-state index in [1.807, 2.05) is 23.7 Å². The molecule has 0 spiro atoms. The normalized spacial score (nSPS) is 17.1. The minimum Gasteiger partial charge on any atom is -0.494 e. The number of hydrogen-bond acceptors (Lipinski definition) is 7. The van der Waals surface area contributed by atoms with E-state index in [0.717, 1.165) is 44.3 Å². The summed E-state index contributed by atoms with van der Waals surface area (Å²) < 4.78 is 12.7. The third-order valence-corrected chi connectivity index (χ3v) is 5.04. The Hall–Kier alpha value is -2.03. The van der Waals surface area contributed by atoms with Gasteiger partial charge in [0.1, 0.15) is 5.75 Å². The van der Waals surface area contributed by atoms with E-state index in [1.54, 1.807) is 7.11 Å². The molecule has 1 aliphatic heterocycles. The van der Waals surface area contributed by atoms with Gasteiger partial charge in [-0.1, -0.05) is 19.1 Å². The molecule has 0 N–H and O–H groups in total. The molecule has 8 nitrogen and oxygen atoms in total. The van der Waals surface area contributed by atoms with Crippen LogP contribution in [0.4, 0.5) is 0 Å². The molecule has 1 aromatic heterocycles. The topological polar surface area (TPSA) is 68.5 Å². The zero-order chi connectivity index (χ0) is 19.1. The molecule has 1 aliphatic rings. The van der Waals surface area contributed by atoms with Crippen molar-refractivity contribution in [3.05, 3.63) is 35.7 Å². The maximum Gasteiger partial charge on any atom is 0.173 e. The number of hydrogen-bond donors (Lipinski definition) is 0. The van der Waals surface area contributed by atoms with Gasteiger partial charge >= 0.3 is 0 Å². The van der Waals surface area contributed by atoms with E-state index in [4.69, 9.17) is 9.47 Å². The van der Waals surface area contributed by atoms with E-state index >= 15 is 0 Å². The summed E-state index contributed by atoms with van der Waals surface area (Å²) in [5.74, 6) is 1.75. The second-order valence-electron chi connectivity index (χ2n) is 6.63. The highest BCUT2D eigenvalue weighted by atomic mass is 16.5. The molecule has 3 rings (SSSR count). The Morgan fingerprint density at radius 2 is 1.81 bits per heavy atom. The van der Waals surface area contributed by atoms with Crippen molar-refractivity contribution < 1.29 is 9.47 Å². The zero-order valence-corrected chi connectivity index (χ0v) is 16.5. The smallest absolute Gasteiger partial charge is 0.173 e. The Morgan fingerprint density at radius 3 is 2.44 bits per heavy atom. The fourth-order valence-corrected chi connectivity index (χ4v) is 3.52. The molecule has 2 heterocycles. The largest absolute Gasteiger partial charge is 0.494 e. The minimum absolute atomic E-state index is 0.0199. The highest BCUT2D eigenvalue weighted by molar-refractivity contribution is 5.32. The van der Waals surface area contributed by atoms with Gasteiger partial charge in [0, 0.05) is 33.3 Å². The highest BCUT2D eigenvalue weighted by Crippen LogP contribution is 2.29.